The van der Waals surface area contributed by atoms with Crippen molar-refractivity contribution in [2.75, 3.05) is 6.61 Å². The van der Waals surface area contributed by atoms with Gasteiger partial charge in [0.05, 0.1) is 24.2 Å². The van der Waals surface area contributed by atoms with Gasteiger partial charge in [-0.05, 0) is 30.7 Å². The molecule has 140 valence electrons. The number of nitrogens with one attached hydrogen (secondary N) is 1. The van der Waals surface area contributed by atoms with E-state index < -0.39 is 5.79 Å². The second-order valence-corrected chi connectivity index (χ2v) is 6.62. The number of aromatic nitrogens is 4. The van der Waals surface area contributed by atoms with Crippen LogP contribution < -0.4 is 4.74 Å². The van der Waals surface area contributed by atoms with Crippen molar-refractivity contribution in [2.45, 2.75) is 31.7 Å². The van der Waals surface area contributed by atoms with E-state index in [0.29, 0.717) is 35.5 Å². The van der Waals surface area contributed by atoms with Crippen LogP contribution in [0.3, 0.4) is 0 Å². The highest BCUT2D eigenvalue weighted by Gasteiger charge is 2.45. The molecule has 1 saturated heterocycles. The molecule has 7 nitrogen and oxygen atoms in total. The van der Waals surface area contributed by atoms with Gasteiger partial charge in [0.15, 0.2) is 5.82 Å². The van der Waals surface area contributed by atoms with Crippen LogP contribution in [-0.4, -0.2) is 32.9 Å². The zero-order valence-electron chi connectivity index (χ0n) is 14.8. The molecule has 2 atom stereocenters. The zero-order valence-corrected chi connectivity index (χ0v) is 15.5. The number of aromatic amines is 1. The van der Waals surface area contributed by atoms with Crippen molar-refractivity contribution >= 4 is 11.6 Å². The molecular formula is C19H19ClN4O3. The second-order valence-electron chi connectivity index (χ2n) is 6.22. The summed E-state index contributed by atoms with van der Waals surface area (Å²) in [4.78, 5) is 8.35. The molecule has 2 unspecified atom stereocenters. The molecule has 3 aromatic rings. The summed E-state index contributed by atoms with van der Waals surface area (Å²) < 4.78 is 18.1. The molecule has 8 heteroatoms. The average Bonchev–Trinajstić information content (AvgIpc) is 3.33. The van der Waals surface area contributed by atoms with Gasteiger partial charge in [-0.25, -0.2) is 9.97 Å². The molecule has 27 heavy (non-hydrogen) atoms. The average molecular weight is 387 g/mol. The maximum Gasteiger partial charge on any atom is 0.219 e. The summed E-state index contributed by atoms with van der Waals surface area (Å²) in [5, 5.41) is 7.33. The van der Waals surface area contributed by atoms with Crippen molar-refractivity contribution in [1.82, 2.24) is 20.2 Å². The van der Waals surface area contributed by atoms with Crippen LogP contribution in [0.15, 0.2) is 48.9 Å². The second kappa shape index (κ2) is 7.64. The van der Waals surface area contributed by atoms with E-state index in [-0.39, 0.29) is 6.10 Å². The third-order valence-electron chi connectivity index (χ3n) is 4.38. The summed E-state index contributed by atoms with van der Waals surface area (Å²) >= 11 is 6.59. The molecule has 1 fully saturated rings. The number of benzene rings is 1. The molecular weight excluding hydrogens is 368 g/mol. The maximum absolute atomic E-state index is 6.59. The van der Waals surface area contributed by atoms with E-state index in [9.17, 15) is 0 Å². The fourth-order valence-electron chi connectivity index (χ4n) is 3.02. The molecule has 0 radical (unpaired) electrons. The van der Waals surface area contributed by atoms with Crippen molar-refractivity contribution in [3.05, 3.63) is 65.3 Å². The minimum Gasteiger partial charge on any atom is -0.439 e. The normalized spacial score (nSPS) is 22.1. The molecule has 2 aromatic heterocycles. The molecule has 0 amide bonds. The number of pyridine rings is 1. The summed E-state index contributed by atoms with van der Waals surface area (Å²) in [5.41, 5.74) is 0.721. The predicted octanol–water partition coefficient (Wildman–Crippen LogP) is 3.87. The van der Waals surface area contributed by atoms with E-state index in [0.717, 1.165) is 12.0 Å². The van der Waals surface area contributed by atoms with Crippen LogP contribution >= 0.6 is 11.6 Å². The highest BCUT2D eigenvalue weighted by molar-refractivity contribution is 6.31. The Morgan fingerprint density at radius 1 is 1.30 bits per heavy atom. The first-order chi connectivity index (χ1) is 13.2. The first-order valence-corrected chi connectivity index (χ1v) is 9.11. The zero-order chi connectivity index (χ0) is 18.7. The number of hydrogen-bond acceptors (Lipinski definition) is 6. The fourth-order valence-corrected chi connectivity index (χ4v) is 3.34. The Hall–Kier alpha value is -2.48. The molecule has 1 aliphatic heterocycles. The molecule has 1 aliphatic rings. The largest absolute Gasteiger partial charge is 0.439 e. The molecule has 1 aromatic carbocycles. The first-order valence-electron chi connectivity index (χ1n) is 8.74. The molecule has 1 N–H and O–H groups in total. The van der Waals surface area contributed by atoms with Gasteiger partial charge in [0.2, 0.25) is 11.7 Å². The van der Waals surface area contributed by atoms with Crippen LogP contribution in [0.1, 0.15) is 24.7 Å². The lowest BCUT2D eigenvalue weighted by Crippen LogP contribution is -2.32. The molecule has 3 heterocycles. The Balaban J connectivity index is 1.64. The van der Waals surface area contributed by atoms with Crippen LogP contribution in [0.4, 0.5) is 0 Å². The molecule has 0 aliphatic carbocycles. The van der Waals surface area contributed by atoms with Gasteiger partial charge >= 0.3 is 0 Å². The third-order valence-corrected chi connectivity index (χ3v) is 4.69. The summed E-state index contributed by atoms with van der Waals surface area (Å²) in [5.74, 6) is 0.650. The quantitative estimate of drug-likeness (QED) is 0.692. The van der Waals surface area contributed by atoms with E-state index in [2.05, 4.69) is 27.1 Å². The van der Waals surface area contributed by atoms with Gasteiger partial charge in [-0.15, -0.1) is 0 Å². The predicted molar refractivity (Wildman–Crippen MR) is 98.6 cm³/mol. The van der Waals surface area contributed by atoms with Crippen molar-refractivity contribution in [3.8, 4) is 11.6 Å². The van der Waals surface area contributed by atoms with Gasteiger partial charge < -0.3 is 14.2 Å². The van der Waals surface area contributed by atoms with Crippen molar-refractivity contribution < 1.29 is 14.2 Å². The van der Waals surface area contributed by atoms with Crippen molar-refractivity contribution in [3.63, 3.8) is 0 Å². The Morgan fingerprint density at radius 2 is 2.22 bits per heavy atom. The van der Waals surface area contributed by atoms with Gasteiger partial charge in [-0.1, -0.05) is 24.6 Å². The van der Waals surface area contributed by atoms with E-state index >= 15 is 0 Å². The Morgan fingerprint density at radius 3 is 2.89 bits per heavy atom. The lowest BCUT2D eigenvalue weighted by atomic mass is 10.0. The molecule has 4 rings (SSSR count). The summed E-state index contributed by atoms with van der Waals surface area (Å²) in [6.45, 7) is 2.55. The number of hydrogen-bond donors (Lipinski definition) is 1. The SMILES string of the molecule is CCC1COC(Cc2nc[nH]n2)(c2ccc(Oc3ccccn3)cc2Cl)O1. The van der Waals surface area contributed by atoms with Gasteiger partial charge in [-0.3, -0.25) is 5.10 Å². The Labute approximate surface area is 161 Å². The van der Waals surface area contributed by atoms with Gasteiger partial charge in [0.25, 0.3) is 0 Å². The summed E-state index contributed by atoms with van der Waals surface area (Å²) in [6.07, 6.45) is 4.38. The standard InChI is InChI=1S/C19H19ClN4O3/c1-2-13-11-25-19(27-13,10-17-22-12-23-24-17)15-7-6-14(9-16(15)20)26-18-5-3-4-8-21-18/h3-9,12-13H,2,10-11H2,1H3,(H,22,23,24). The number of ether oxygens (including phenoxy) is 3. The van der Waals surface area contributed by atoms with E-state index in [1.807, 2.05) is 24.3 Å². The van der Waals surface area contributed by atoms with Crippen LogP contribution in [0.5, 0.6) is 11.6 Å². The van der Waals surface area contributed by atoms with Crippen LogP contribution in [-0.2, 0) is 21.7 Å². The lowest BCUT2D eigenvalue weighted by Gasteiger charge is -2.28. The topological polar surface area (TPSA) is 82.2 Å². The highest BCUT2D eigenvalue weighted by Crippen LogP contribution is 2.42. The van der Waals surface area contributed by atoms with Crippen LogP contribution in [0.25, 0.3) is 0 Å². The van der Waals surface area contributed by atoms with Crippen molar-refractivity contribution in [2.24, 2.45) is 0 Å². The van der Waals surface area contributed by atoms with E-state index in [4.69, 9.17) is 25.8 Å². The summed E-state index contributed by atoms with van der Waals surface area (Å²) in [6, 6.07) is 10.9. The molecule has 0 saturated carbocycles. The van der Waals surface area contributed by atoms with Gasteiger partial charge in [0.1, 0.15) is 12.1 Å². The lowest BCUT2D eigenvalue weighted by molar-refractivity contribution is -0.177. The monoisotopic (exact) mass is 386 g/mol. The van der Waals surface area contributed by atoms with Crippen molar-refractivity contribution in [1.29, 1.82) is 0 Å². The summed E-state index contributed by atoms with van der Waals surface area (Å²) in [7, 11) is 0. The molecule has 0 bridgehead atoms. The third kappa shape index (κ3) is 3.80. The van der Waals surface area contributed by atoms with E-state index in [1.54, 1.807) is 18.3 Å². The van der Waals surface area contributed by atoms with Gasteiger partial charge in [0, 0.05) is 17.8 Å². The van der Waals surface area contributed by atoms with E-state index in [1.165, 1.54) is 6.33 Å². The smallest absolute Gasteiger partial charge is 0.219 e. The Kier molecular flexibility index (Phi) is 5.07. The van der Waals surface area contributed by atoms with Crippen LogP contribution in [0, 0.1) is 0 Å². The highest BCUT2D eigenvalue weighted by atomic mass is 35.5. The maximum atomic E-state index is 6.59. The first kappa shape index (κ1) is 17.9. The minimum absolute atomic E-state index is 0.00977. The Bertz CT molecular complexity index is 891. The van der Waals surface area contributed by atoms with Crippen LogP contribution in [0.2, 0.25) is 5.02 Å². The fraction of sp³-hybridized carbons (Fsp3) is 0.316. The number of halogens is 1. The minimum atomic E-state index is -1.02. The number of rotatable bonds is 6. The number of H-pyrrole nitrogens is 1. The molecule has 0 spiro atoms. The number of nitrogens with zero attached hydrogens (tertiary/aromatic N) is 3. The van der Waals surface area contributed by atoms with Gasteiger partial charge in [-0.2, -0.15) is 5.10 Å².